The van der Waals surface area contributed by atoms with Crippen molar-refractivity contribution >= 4 is 67.5 Å². The molecule has 0 saturated carbocycles. The quantitative estimate of drug-likeness (QED) is 0.306. The van der Waals surface area contributed by atoms with Crippen LogP contribution in [0.2, 0.25) is 5.15 Å². The number of carbonyl (C=O) groups is 1. The van der Waals surface area contributed by atoms with Crippen molar-refractivity contribution in [3.63, 3.8) is 0 Å². The van der Waals surface area contributed by atoms with Crippen molar-refractivity contribution in [3.05, 3.63) is 43.8 Å². The van der Waals surface area contributed by atoms with Gasteiger partial charge in [0.25, 0.3) is 0 Å². The molecule has 138 valence electrons. The van der Waals surface area contributed by atoms with E-state index in [1.54, 1.807) is 34.6 Å². The molecule has 0 fully saturated rings. The Morgan fingerprint density at radius 2 is 2.19 bits per heavy atom. The Bertz CT molecular complexity index is 948. The highest BCUT2D eigenvalue weighted by molar-refractivity contribution is 14.1. The smallest absolute Gasteiger partial charge is 0.415 e. The van der Waals surface area contributed by atoms with Crippen LogP contribution in [0.15, 0.2) is 28.9 Å². The van der Waals surface area contributed by atoms with Crippen LogP contribution in [-0.4, -0.2) is 16.7 Å². The van der Waals surface area contributed by atoms with Crippen molar-refractivity contribution in [2.45, 2.75) is 39.8 Å². The molecule has 3 rings (SSSR count). The zero-order chi connectivity index (χ0) is 19.1. The summed E-state index contributed by atoms with van der Waals surface area (Å²) >= 11 is 10.1. The van der Waals surface area contributed by atoms with Gasteiger partial charge in [-0.25, -0.2) is 9.78 Å². The number of hydrogen-bond acceptors (Lipinski definition) is 5. The zero-order valence-corrected chi connectivity index (χ0v) is 18.5. The van der Waals surface area contributed by atoms with Crippen molar-refractivity contribution in [3.8, 4) is 0 Å². The molecule has 0 saturated heterocycles. The SMILES string of the molecule is Cc1c(I)sc2c(N(Cc3ccco3)C(=O)OC(C)(C)C)cc(Cl)nc12. The van der Waals surface area contributed by atoms with Gasteiger partial charge in [0, 0.05) is 6.07 Å². The van der Waals surface area contributed by atoms with E-state index in [0.29, 0.717) is 16.6 Å². The van der Waals surface area contributed by atoms with Crippen molar-refractivity contribution in [1.82, 2.24) is 4.98 Å². The van der Waals surface area contributed by atoms with Crippen LogP contribution >= 0.6 is 45.5 Å². The number of rotatable bonds is 3. The number of halogens is 2. The zero-order valence-electron chi connectivity index (χ0n) is 14.8. The number of aromatic nitrogens is 1. The largest absolute Gasteiger partial charge is 0.467 e. The number of amides is 1. The molecule has 3 heterocycles. The molecule has 0 unspecified atom stereocenters. The van der Waals surface area contributed by atoms with Gasteiger partial charge in [0.15, 0.2) is 0 Å². The summed E-state index contributed by atoms with van der Waals surface area (Å²) < 4.78 is 13.1. The lowest BCUT2D eigenvalue weighted by atomic mass is 10.2. The molecule has 0 aliphatic rings. The molecule has 3 aromatic rings. The van der Waals surface area contributed by atoms with Crippen LogP contribution in [0.25, 0.3) is 10.2 Å². The maximum absolute atomic E-state index is 12.9. The highest BCUT2D eigenvalue weighted by Gasteiger charge is 2.27. The molecular formula is C18H18ClIN2O3S. The van der Waals surface area contributed by atoms with Gasteiger partial charge in [-0.05, 0) is 68.0 Å². The van der Waals surface area contributed by atoms with E-state index in [4.69, 9.17) is 20.8 Å². The van der Waals surface area contributed by atoms with Crippen molar-refractivity contribution < 1.29 is 13.9 Å². The fourth-order valence-electron chi connectivity index (χ4n) is 2.43. The Balaban J connectivity index is 2.13. The molecule has 0 spiro atoms. The fourth-order valence-corrected chi connectivity index (χ4v) is 4.53. The van der Waals surface area contributed by atoms with Gasteiger partial charge in [-0.2, -0.15) is 0 Å². The lowest BCUT2D eigenvalue weighted by molar-refractivity contribution is 0.0575. The van der Waals surface area contributed by atoms with E-state index >= 15 is 0 Å². The third-order valence-corrected chi connectivity index (χ3v) is 6.32. The van der Waals surface area contributed by atoms with Crippen LogP contribution in [0, 0.1) is 9.81 Å². The number of carbonyl (C=O) groups excluding carboxylic acids is 1. The first-order valence-electron chi connectivity index (χ1n) is 7.94. The van der Waals surface area contributed by atoms with Crippen molar-refractivity contribution in [2.24, 2.45) is 0 Å². The molecule has 0 aliphatic carbocycles. The number of nitrogens with zero attached hydrogens (tertiary/aromatic N) is 2. The predicted molar refractivity (Wildman–Crippen MR) is 113 cm³/mol. The van der Waals surface area contributed by atoms with Gasteiger partial charge in [-0.1, -0.05) is 11.6 Å². The minimum Gasteiger partial charge on any atom is -0.467 e. The summed E-state index contributed by atoms with van der Waals surface area (Å²) in [6.07, 6.45) is 1.12. The van der Waals surface area contributed by atoms with Crippen LogP contribution in [0.3, 0.4) is 0 Å². The van der Waals surface area contributed by atoms with Crippen molar-refractivity contribution in [2.75, 3.05) is 4.90 Å². The molecule has 8 heteroatoms. The normalized spacial score (nSPS) is 11.8. The minimum atomic E-state index is -0.617. The van der Waals surface area contributed by atoms with Gasteiger partial charge < -0.3 is 9.15 Å². The van der Waals surface area contributed by atoms with E-state index in [2.05, 4.69) is 27.6 Å². The molecule has 0 radical (unpaired) electrons. The molecule has 5 nitrogen and oxygen atoms in total. The second kappa shape index (κ2) is 7.36. The molecule has 0 bridgehead atoms. The summed E-state index contributed by atoms with van der Waals surface area (Å²) in [7, 11) is 0. The summed E-state index contributed by atoms with van der Waals surface area (Å²) in [5, 5.41) is 0.331. The molecule has 0 aliphatic heterocycles. The number of ether oxygens (including phenoxy) is 1. The number of thiophene rings is 1. The van der Waals surface area contributed by atoms with E-state index in [1.807, 2.05) is 33.8 Å². The van der Waals surface area contributed by atoms with E-state index < -0.39 is 11.7 Å². The Morgan fingerprint density at radius 3 is 2.81 bits per heavy atom. The van der Waals surface area contributed by atoms with E-state index in [0.717, 1.165) is 18.7 Å². The molecule has 0 N–H and O–H groups in total. The Hall–Kier alpha value is -1.32. The topological polar surface area (TPSA) is 55.6 Å². The van der Waals surface area contributed by atoms with Gasteiger partial charge in [0.05, 0.1) is 31.6 Å². The number of anilines is 1. The lowest BCUT2D eigenvalue weighted by Crippen LogP contribution is -2.36. The summed E-state index contributed by atoms with van der Waals surface area (Å²) in [6.45, 7) is 7.75. The van der Waals surface area contributed by atoms with Crippen molar-refractivity contribution in [1.29, 1.82) is 0 Å². The molecule has 3 aromatic heterocycles. The highest BCUT2D eigenvalue weighted by Crippen LogP contribution is 2.39. The maximum atomic E-state index is 12.9. The minimum absolute atomic E-state index is 0.241. The average molecular weight is 505 g/mol. The van der Waals surface area contributed by atoms with E-state index in [1.165, 1.54) is 0 Å². The third-order valence-electron chi connectivity index (χ3n) is 3.56. The third kappa shape index (κ3) is 4.15. The first-order chi connectivity index (χ1) is 12.2. The summed E-state index contributed by atoms with van der Waals surface area (Å²) in [5.41, 5.74) is 1.90. The first kappa shape index (κ1) is 19.4. The molecule has 1 amide bonds. The molecule has 0 atom stereocenters. The predicted octanol–water partition coefficient (Wildman–Crippen LogP) is 6.40. The van der Waals surface area contributed by atoms with E-state index in [9.17, 15) is 4.79 Å². The fraction of sp³-hybridized carbons (Fsp3) is 0.333. The van der Waals surface area contributed by atoms with E-state index in [-0.39, 0.29) is 6.54 Å². The number of furan rings is 1. The number of pyridine rings is 1. The summed E-state index contributed by atoms with van der Waals surface area (Å²) in [6, 6.07) is 5.31. The second-order valence-electron chi connectivity index (χ2n) is 6.79. The number of aryl methyl sites for hydroxylation is 1. The standard InChI is InChI=1S/C18H18ClIN2O3S/c1-10-14-15(26-16(10)20)12(8-13(19)21-14)22(9-11-6-5-7-24-11)17(23)25-18(2,3)4/h5-8H,9H2,1-4H3. The van der Waals surface area contributed by atoms with Crippen LogP contribution in [0.4, 0.5) is 10.5 Å². The first-order valence-corrected chi connectivity index (χ1v) is 10.2. The Morgan fingerprint density at radius 1 is 1.46 bits per heavy atom. The monoisotopic (exact) mass is 504 g/mol. The van der Waals surface area contributed by atoms with Gasteiger partial charge in [-0.3, -0.25) is 4.90 Å². The molecule has 0 aromatic carbocycles. The van der Waals surface area contributed by atoms with Gasteiger partial charge in [0.1, 0.15) is 16.5 Å². The highest BCUT2D eigenvalue weighted by atomic mass is 127. The van der Waals surface area contributed by atoms with Gasteiger partial charge >= 0.3 is 6.09 Å². The van der Waals surface area contributed by atoms with Crippen LogP contribution in [-0.2, 0) is 11.3 Å². The van der Waals surface area contributed by atoms with Crippen LogP contribution < -0.4 is 4.90 Å². The average Bonchev–Trinajstić information content (AvgIpc) is 3.13. The molecular weight excluding hydrogens is 487 g/mol. The van der Waals surface area contributed by atoms with Crippen LogP contribution in [0.5, 0.6) is 0 Å². The molecule has 26 heavy (non-hydrogen) atoms. The number of fused-ring (bicyclic) bond motifs is 1. The van der Waals surface area contributed by atoms with Gasteiger partial charge in [-0.15, -0.1) is 11.3 Å². The second-order valence-corrected chi connectivity index (χ2v) is 10.0. The Labute approximate surface area is 174 Å². The summed E-state index contributed by atoms with van der Waals surface area (Å²) in [4.78, 5) is 18.9. The maximum Gasteiger partial charge on any atom is 0.415 e. The lowest BCUT2D eigenvalue weighted by Gasteiger charge is -2.27. The van der Waals surface area contributed by atoms with Gasteiger partial charge in [0.2, 0.25) is 0 Å². The Kier molecular flexibility index (Phi) is 5.50. The summed E-state index contributed by atoms with van der Waals surface area (Å²) in [5.74, 6) is 0.653. The number of hydrogen-bond donors (Lipinski definition) is 0. The van der Waals surface area contributed by atoms with Crippen LogP contribution in [0.1, 0.15) is 32.1 Å².